The molecule has 0 aliphatic carbocycles. The van der Waals surface area contributed by atoms with E-state index in [2.05, 4.69) is 73.6 Å². The first-order chi connectivity index (χ1) is 9.15. The van der Waals surface area contributed by atoms with E-state index in [-0.39, 0.29) is 0 Å². The monoisotopic (exact) mass is 270 g/mol. The van der Waals surface area contributed by atoms with Gasteiger partial charge in [-0.2, -0.15) is 0 Å². The molecular weight excluding hydrogens is 252 g/mol. The average molecular weight is 270 g/mol. The summed E-state index contributed by atoms with van der Waals surface area (Å²) in [6.45, 7) is 4.32. The molecule has 2 nitrogen and oxygen atoms in total. The number of rotatable bonds is 2. The summed E-state index contributed by atoms with van der Waals surface area (Å²) in [5.41, 5.74) is 3.73. The zero-order chi connectivity index (χ0) is 13.4. The Hall–Kier alpha value is -1.61. The Balaban J connectivity index is 2.01. The Bertz CT molecular complexity index is 607. The van der Waals surface area contributed by atoms with Gasteiger partial charge in [-0.25, -0.2) is 0 Å². The van der Waals surface area contributed by atoms with Crippen LogP contribution in [0.2, 0.25) is 0 Å². The number of hydrogen-bond donors (Lipinski definition) is 1. The van der Waals surface area contributed by atoms with E-state index in [4.69, 9.17) is 0 Å². The minimum Gasteiger partial charge on any atom is -0.383 e. The molecule has 0 radical (unpaired) electrons. The molecule has 0 fully saturated rings. The maximum absolute atomic E-state index is 3.46. The van der Waals surface area contributed by atoms with E-state index in [1.165, 1.54) is 26.9 Å². The van der Waals surface area contributed by atoms with Gasteiger partial charge in [0.2, 0.25) is 0 Å². The Labute approximate surface area is 118 Å². The fourth-order valence-electron chi connectivity index (χ4n) is 2.36. The Morgan fingerprint density at radius 2 is 1.74 bits per heavy atom. The van der Waals surface area contributed by atoms with Crippen molar-refractivity contribution >= 4 is 28.8 Å². The minimum atomic E-state index is 0.451. The normalized spacial score (nSPS) is 13.2. The summed E-state index contributed by atoms with van der Waals surface area (Å²) < 4.78 is 0. The van der Waals surface area contributed by atoms with Gasteiger partial charge in [0.1, 0.15) is 0 Å². The molecule has 1 aliphatic rings. The van der Waals surface area contributed by atoms with E-state index in [1.54, 1.807) is 0 Å². The van der Waals surface area contributed by atoms with Gasteiger partial charge in [0, 0.05) is 28.6 Å². The van der Waals surface area contributed by atoms with E-state index in [0.29, 0.717) is 6.04 Å². The molecule has 1 aliphatic heterocycles. The van der Waals surface area contributed by atoms with Crippen molar-refractivity contribution in [1.82, 2.24) is 0 Å². The van der Waals surface area contributed by atoms with Crippen molar-refractivity contribution in [3.63, 3.8) is 0 Å². The molecule has 0 aromatic heterocycles. The average Bonchev–Trinajstić information content (AvgIpc) is 2.39. The minimum absolute atomic E-state index is 0.451. The van der Waals surface area contributed by atoms with Crippen molar-refractivity contribution in [3.05, 3.63) is 42.5 Å². The smallest absolute Gasteiger partial charge is 0.0570 e. The number of benzene rings is 2. The van der Waals surface area contributed by atoms with Crippen LogP contribution in [0.1, 0.15) is 13.8 Å². The molecule has 98 valence electrons. The largest absolute Gasteiger partial charge is 0.383 e. The topological polar surface area (TPSA) is 15.3 Å². The van der Waals surface area contributed by atoms with Gasteiger partial charge in [-0.1, -0.05) is 23.9 Å². The van der Waals surface area contributed by atoms with Gasteiger partial charge in [-0.3, -0.25) is 0 Å². The van der Waals surface area contributed by atoms with E-state index in [9.17, 15) is 0 Å². The summed E-state index contributed by atoms with van der Waals surface area (Å²) in [6.07, 6.45) is 0. The van der Waals surface area contributed by atoms with Crippen LogP contribution in [0.5, 0.6) is 0 Å². The molecule has 2 aromatic carbocycles. The molecule has 0 bridgehead atoms. The van der Waals surface area contributed by atoms with Crippen LogP contribution < -0.4 is 10.2 Å². The van der Waals surface area contributed by atoms with Gasteiger partial charge in [0.05, 0.1) is 11.4 Å². The Morgan fingerprint density at radius 1 is 1.00 bits per heavy atom. The van der Waals surface area contributed by atoms with Crippen molar-refractivity contribution in [2.24, 2.45) is 0 Å². The van der Waals surface area contributed by atoms with E-state index < -0.39 is 0 Å². The molecule has 1 heterocycles. The van der Waals surface area contributed by atoms with Crippen molar-refractivity contribution in [2.75, 3.05) is 17.3 Å². The summed E-state index contributed by atoms with van der Waals surface area (Å²) in [5.74, 6) is 0. The number of nitrogens with one attached hydrogen (secondary N) is 1. The molecule has 1 N–H and O–H groups in total. The van der Waals surface area contributed by atoms with Crippen molar-refractivity contribution in [2.45, 2.75) is 29.7 Å². The second kappa shape index (κ2) is 4.82. The first kappa shape index (κ1) is 12.4. The zero-order valence-electron chi connectivity index (χ0n) is 11.5. The maximum Gasteiger partial charge on any atom is 0.0570 e. The van der Waals surface area contributed by atoms with Crippen LogP contribution in [0.4, 0.5) is 17.1 Å². The SMILES string of the molecule is CC(C)Nc1ccc2c(c1)N(C)c1ccccc1S2. The highest BCUT2D eigenvalue weighted by Gasteiger charge is 2.20. The first-order valence-electron chi connectivity index (χ1n) is 6.56. The van der Waals surface area contributed by atoms with Gasteiger partial charge in [0.15, 0.2) is 0 Å². The van der Waals surface area contributed by atoms with E-state index in [1.807, 2.05) is 11.8 Å². The molecule has 0 saturated heterocycles. The highest BCUT2D eigenvalue weighted by molar-refractivity contribution is 7.99. The zero-order valence-corrected chi connectivity index (χ0v) is 12.3. The van der Waals surface area contributed by atoms with Crippen LogP contribution >= 0.6 is 11.8 Å². The van der Waals surface area contributed by atoms with Gasteiger partial charge in [0.25, 0.3) is 0 Å². The summed E-state index contributed by atoms with van der Waals surface area (Å²) in [5, 5.41) is 3.46. The lowest BCUT2D eigenvalue weighted by atomic mass is 10.2. The molecule has 0 saturated carbocycles. The predicted octanol–water partition coefficient (Wildman–Crippen LogP) is 4.74. The maximum atomic E-state index is 3.46. The molecule has 3 heteroatoms. The van der Waals surface area contributed by atoms with Gasteiger partial charge >= 0.3 is 0 Å². The number of hydrogen-bond acceptors (Lipinski definition) is 3. The number of nitrogens with zero attached hydrogens (tertiary/aromatic N) is 1. The molecule has 0 amide bonds. The van der Waals surface area contributed by atoms with E-state index >= 15 is 0 Å². The second-order valence-electron chi connectivity index (χ2n) is 5.11. The fraction of sp³-hybridized carbons (Fsp3) is 0.250. The molecular formula is C16H18N2S. The van der Waals surface area contributed by atoms with Gasteiger partial charge in [-0.05, 0) is 44.2 Å². The molecule has 0 unspecified atom stereocenters. The van der Waals surface area contributed by atoms with Gasteiger partial charge in [-0.15, -0.1) is 0 Å². The van der Waals surface area contributed by atoms with Crippen molar-refractivity contribution < 1.29 is 0 Å². The summed E-state index contributed by atoms with van der Waals surface area (Å²) >= 11 is 1.84. The number of fused-ring (bicyclic) bond motifs is 2. The third kappa shape index (κ3) is 2.30. The Morgan fingerprint density at radius 3 is 2.53 bits per heavy atom. The molecule has 19 heavy (non-hydrogen) atoms. The fourth-order valence-corrected chi connectivity index (χ4v) is 3.49. The quantitative estimate of drug-likeness (QED) is 0.848. The van der Waals surface area contributed by atoms with Crippen molar-refractivity contribution in [1.29, 1.82) is 0 Å². The standard InChI is InChI=1S/C16H18N2S/c1-11(2)17-12-8-9-16-14(10-12)18(3)13-6-4-5-7-15(13)19-16/h4-11,17H,1-3H3. The lowest BCUT2D eigenvalue weighted by Gasteiger charge is -2.30. The molecule has 0 atom stereocenters. The van der Waals surface area contributed by atoms with Crippen LogP contribution in [0.15, 0.2) is 52.3 Å². The summed E-state index contributed by atoms with van der Waals surface area (Å²) in [6, 6.07) is 15.6. The summed E-state index contributed by atoms with van der Waals surface area (Å²) in [7, 11) is 2.14. The molecule has 3 rings (SSSR count). The van der Waals surface area contributed by atoms with Crippen LogP contribution in [-0.2, 0) is 0 Å². The first-order valence-corrected chi connectivity index (χ1v) is 7.38. The van der Waals surface area contributed by atoms with E-state index in [0.717, 1.165) is 0 Å². The Kier molecular flexibility index (Phi) is 3.15. The third-order valence-electron chi connectivity index (χ3n) is 3.22. The lowest BCUT2D eigenvalue weighted by Crippen LogP contribution is -2.16. The number of para-hydroxylation sites is 1. The summed E-state index contributed by atoms with van der Waals surface area (Å²) in [4.78, 5) is 4.91. The van der Waals surface area contributed by atoms with Crippen molar-refractivity contribution in [3.8, 4) is 0 Å². The lowest BCUT2D eigenvalue weighted by molar-refractivity contribution is 0.899. The van der Waals surface area contributed by atoms with Crippen LogP contribution in [0.25, 0.3) is 0 Å². The predicted molar refractivity (Wildman–Crippen MR) is 83.8 cm³/mol. The third-order valence-corrected chi connectivity index (χ3v) is 4.35. The molecule has 0 spiro atoms. The van der Waals surface area contributed by atoms with Gasteiger partial charge < -0.3 is 10.2 Å². The highest BCUT2D eigenvalue weighted by atomic mass is 32.2. The van der Waals surface area contributed by atoms with Crippen LogP contribution in [0.3, 0.4) is 0 Å². The molecule has 2 aromatic rings. The number of anilines is 3. The second-order valence-corrected chi connectivity index (χ2v) is 6.19. The highest BCUT2D eigenvalue weighted by Crippen LogP contribution is 2.47. The van der Waals surface area contributed by atoms with Crippen LogP contribution in [-0.4, -0.2) is 13.1 Å². The van der Waals surface area contributed by atoms with Crippen LogP contribution in [0, 0.1) is 0 Å².